The summed E-state index contributed by atoms with van der Waals surface area (Å²) in [6.07, 6.45) is 2.11. The average Bonchev–Trinajstić information content (AvgIpc) is 2.41. The number of esters is 1. The third-order valence-electron chi connectivity index (χ3n) is 2.64. The van der Waals surface area contributed by atoms with E-state index in [1.807, 2.05) is 24.3 Å². The average molecular weight is 328 g/mol. The number of aryl methyl sites for hydroxylation is 1. The normalized spacial score (nSPS) is 10.0. The van der Waals surface area contributed by atoms with Gasteiger partial charge >= 0.3 is 5.97 Å². The zero-order valence-corrected chi connectivity index (χ0v) is 12.5. The Morgan fingerprint density at radius 3 is 2.79 bits per heavy atom. The molecule has 0 atom stereocenters. The van der Waals surface area contributed by atoms with Crippen molar-refractivity contribution in [3.8, 4) is 0 Å². The summed E-state index contributed by atoms with van der Waals surface area (Å²) < 4.78 is 5.53. The van der Waals surface area contributed by atoms with Crippen molar-refractivity contribution in [2.45, 2.75) is 25.7 Å². The quantitative estimate of drug-likeness (QED) is 0.618. The van der Waals surface area contributed by atoms with Crippen molar-refractivity contribution >= 4 is 27.8 Å². The van der Waals surface area contributed by atoms with Gasteiger partial charge in [0.2, 0.25) is 5.91 Å². The number of hydrogen-bond donors (Lipinski definition) is 1. The van der Waals surface area contributed by atoms with Gasteiger partial charge in [-0.3, -0.25) is 9.59 Å². The van der Waals surface area contributed by atoms with Gasteiger partial charge in [-0.2, -0.15) is 0 Å². The Labute approximate surface area is 121 Å². The first-order chi connectivity index (χ1) is 9.11. The molecule has 104 valence electrons. The second-order valence-electron chi connectivity index (χ2n) is 4.16. The molecule has 0 aliphatic carbocycles. The Morgan fingerprint density at radius 1 is 1.32 bits per heavy atom. The smallest absolute Gasteiger partial charge is 0.305 e. The predicted molar refractivity (Wildman–Crippen MR) is 76.7 cm³/mol. The van der Waals surface area contributed by atoms with E-state index in [1.165, 1.54) is 7.11 Å². The van der Waals surface area contributed by atoms with E-state index in [1.54, 1.807) is 0 Å². The molecule has 0 bridgehead atoms. The van der Waals surface area contributed by atoms with Gasteiger partial charge in [0.05, 0.1) is 7.11 Å². The summed E-state index contributed by atoms with van der Waals surface area (Å²) in [6.45, 7) is 0.506. The molecule has 0 heterocycles. The molecule has 5 heteroatoms. The van der Waals surface area contributed by atoms with Crippen molar-refractivity contribution in [1.82, 2.24) is 5.32 Å². The maximum Gasteiger partial charge on any atom is 0.305 e. The van der Waals surface area contributed by atoms with Crippen LogP contribution in [0.1, 0.15) is 24.8 Å². The molecule has 0 spiro atoms. The van der Waals surface area contributed by atoms with Crippen LogP contribution in [-0.4, -0.2) is 25.5 Å². The highest BCUT2D eigenvalue weighted by Crippen LogP contribution is 2.12. The van der Waals surface area contributed by atoms with Crippen LogP contribution in [0.4, 0.5) is 0 Å². The lowest BCUT2D eigenvalue weighted by atomic mass is 10.1. The van der Waals surface area contributed by atoms with Gasteiger partial charge < -0.3 is 10.1 Å². The summed E-state index contributed by atoms with van der Waals surface area (Å²) in [4.78, 5) is 22.4. The molecule has 1 aromatic rings. The molecule has 0 aliphatic rings. The Morgan fingerprint density at radius 2 is 2.11 bits per heavy atom. The van der Waals surface area contributed by atoms with Crippen LogP contribution in [0.2, 0.25) is 0 Å². The number of nitrogens with one attached hydrogen (secondary N) is 1. The van der Waals surface area contributed by atoms with E-state index in [-0.39, 0.29) is 11.9 Å². The van der Waals surface area contributed by atoms with Gasteiger partial charge in [-0.15, -0.1) is 0 Å². The van der Waals surface area contributed by atoms with Crippen molar-refractivity contribution in [2.75, 3.05) is 13.7 Å². The van der Waals surface area contributed by atoms with Crippen LogP contribution in [0, 0.1) is 0 Å². The van der Waals surface area contributed by atoms with Crippen LogP contribution >= 0.6 is 15.9 Å². The number of halogens is 1. The van der Waals surface area contributed by atoms with Gasteiger partial charge in [0.1, 0.15) is 0 Å². The van der Waals surface area contributed by atoms with Gasteiger partial charge in [-0.05, 0) is 30.5 Å². The SMILES string of the molecule is COC(=O)CCCNC(=O)CCc1cccc(Br)c1. The summed E-state index contributed by atoms with van der Waals surface area (Å²) in [7, 11) is 1.36. The lowest BCUT2D eigenvalue weighted by Gasteiger charge is -2.05. The second kappa shape index (κ2) is 8.69. The summed E-state index contributed by atoms with van der Waals surface area (Å²) in [5, 5.41) is 2.79. The highest BCUT2D eigenvalue weighted by Gasteiger charge is 2.04. The van der Waals surface area contributed by atoms with Gasteiger partial charge in [-0.25, -0.2) is 0 Å². The minimum Gasteiger partial charge on any atom is -0.469 e. The standard InChI is InChI=1S/C14H18BrNO3/c1-19-14(18)6-3-9-16-13(17)8-7-11-4-2-5-12(15)10-11/h2,4-5,10H,3,6-9H2,1H3,(H,16,17). The summed E-state index contributed by atoms with van der Waals surface area (Å²) >= 11 is 3.40. The zero-order chi connectivity index (χ0) is 14.1. The minimum absolute atomic E-state index is 0.00448. The maximum atomic E-state index is 11.6. The minimum atomic E-state index is -0.247. The topological polar surface area (TPSA) is 55.4 Å². The largest absolute Gasteiger partial charge is 0.469 e. The van der Waals surface area contributed by atoms with Gasteiger partial charge in [0.15, 0.2) is 0 Å². The summed E-state index contributed by atoms with van der Waals surface area (Å²) in [6, 6.07) is 7.91. The monoisotopic (exact) mass is 327 g/mol. The number of methoxy groups -OCH3 is 1. The molecular weight excluding hydrogens is 310 g/mol. The highest BCUT2D eigenvalue weighted by molar-refractivity contribution is 9.10. The molecule has 0 fully saturated rings. The van der Waals surface area contributed by atoms with Crippen LogP contribution in [0.3, 0.4) is 0 Å². The summed E-state index contributed by atoms with van der Waals surface area (Å²) in [5.74, 6) is -0.242. The van der Waals surface area contributed by atoms with E-state index in [2.05, 4.69) is 26.0 Å². The zero-order valence-electron chi connectivity index (χ0n) is 10.9. The molecule has 1 aromatic carbocycles. The van der Waals surface area contributed by atoms with E-state index in [0.717, 1.165) is 10.0 Å². The van der Waals surface area contributed by atoms with Crippen LogP contribution in [0.15, 0.2) is 28.7 Å². The highest BCUT2D eigenvalue weighted by atomic mass is 79.9. The van der Waals surface area contributed by atoms with Crippen LogP contribution < -0.4 is 5.32 Å². The van der Waals surface area contributed by atoms with Gasteiger partial charge in [0.25, 0.3) is 0 Å². The van der Waals surface area contributed by atoms with Crippen molar-refractivity contribution in [3.05, 3.63) is 34.3 Å². The first kappa shape index (κ1) is 15.7. The lowest BCUT2D eigenvalue weighted by molar-refractivity contribution is -0.140. The fourth-order valence-corrected chi connectivity index (χ4v) is 2.05. The van der Waals surface area contributed by atoms with E-state index >= 15 is 0 Å². The van der Waals surface area contributed by atoms with Crippen molar-refractivity contribution in [3.63, 3.8) is 0 Å². The number of hydrogen-bond acceptors (Lipinski definition) is 3. The third-order valence-corrected chi connectivity index (χ3v) is 3.13. The number of rotatable bonds is 7. The van der Waals surface area contributed by atoms with E-state index < -0.39 is 0 Å². The molecule has 1 N–H and O–H groups in total. The van der Waals surface area contributed by atoms with E-state index in [4.69, 9.17) is 0 Å². The van der Waals surface area contributed by atoms with E-state index in [9.17, 15) is 9.59 Å². The second-order valence-corrected chi connectivity index (χ2v) is 5.08. The molecule has 0 aromatic heterocycles. The van der Waals surface area contributed by atoms with Crippen LogP contribution in [0.5, 0.6) is 0 Å². The van der Waals surface area contributed by atoms with Crippen LogP contribution in [0.25, 0.3) is 0 Å². The Bertz CT molecular complexity index is 434. The fraction of sp³-hybridized carbons (Fsp3) is 0.429. The molecule has 1 rings (SSSR count). The Hall–Kier alpha value is -1.36. The molecule has 0 radical (unpaired) electrons. The first-order valence-corrected chi connectivity index (χ1v) is 6.99. The van der Waals surface area contributed by atoms with Crippen LogP contribution in [-0.2, 0) is 20.7 Å². The molecule has 0 unspecified atom stereocenters. The molecular formula is C14H18BrNO3. The molecule has 0 saturated carbocycles. The van der Waals surface area contributed by atoms with Crippen molar-refractivity contribution in [1.29, 1.82) is 0 Å². The number of carbonyl (C=O) groups excluding carboxylic acids is 2. The van der Waals surface area contributed by atoms with E-state index in [0.29, 0.717) is 32.2 Å². The van der Waals surface area contributed by atoms with Gasteiger partial charge in [-0.1, -0.05) is 28.1 Å². The van der Waals surface area contributed by atoms with Crippen molar-refractivity contribution < 1.29 is 14.3 Å². The first-order valence-electron chi connectivity index (χ1n) is 6.20. The number of ether oxygens (including phenoxy) is 1. The molecule has 0 aliphatic heterocycles. The maximum absolute atomic E-state index is 11.6. The number of carbonyl (C=O) groups is 2. The Balaban J connectivity index is 2.16. The van der Waals surface area contributed by atoms with Gasteiger partial charge in [0, 0.05) is 23.9 Å². The lowest BCUT2D eigenvalue weighted by Crippen LogP contribution is -2.25. The third kappa shape index (κ3) is 6.96. The molecule has 0 saturated heterocycles. The predicted octanol–water partition coefficient (Wildman–Crippen LogP) is 2.45. The number of amides is 1. The number of benzene rings is 1. The molecule has 19 heavy (non-hydrogen) atoms. The fourth-order valence-electron chi connectivity index (χ4n) is 1.60. The molecule has 1 amide bonds. The van der Waals surface area contributed by atoms with Crippen molar-refractivity contribution in [2.24, 2.45) is 0 Å². The Kier molecular flexibility index (Phi) is 7.18. The molecule has 4 nitrogen and oxygen atoms in total. The summed E-state index contributed by atoms with van der Waals surface area (Å²) in [5.41, 5.74) is 1.12.